The molecule has 0 radical (unpaired) electrons. The van der Waals surface area contributed by atoms with Gasteiger partial charge in [0.25, 0.3) is 0 Å². The van der Waals surface area contributed by atoms with Crippen molar-refractivity contribution in [1.82, 2.24) is 0 Å². The van der Waals surface area contributed by atoms with Crippen LogP contribution in [0.2, 0.25) is 0 Å². The van der Waals surface area contributed by atoms with Crippen LogP contribution in [-0.4, -0.2) is 15.3 Å². The fraction of sp³-hybridized carbons (Fsp3) is 0. The van der Waals surface area contributed by atoms with Crippen LogP contribution in [0.25, 0.3) is 0 Å². The van der Waals surface area contributed by atoms with Gasteiger partial charge in [-0.3, -0.25) is 14.4 Å². The van der Waals surface area contributed by atoms with Crippen LogP contribution in [-0.2, 0) is 0 Å². The molecule has 0 atom stereocenters. The summed E-state index contributed by atoms with van der Waals surface area (Å²) < 4.78 is 0. The molecule has 162 valence electrons. The molecule has 3 nitrogen and oxygen atoms in total. The Balaban J connectivity index is 1.65. The number of hydrogen-bond acceptors (Lipinski definition) is 6. The Labute approximate surface area is 205 Å². The van der Waals surface area contributed by atoms with Crippen molar-refractivity contribution in [2.24, 2.45) is 0 Å². The Bertz CT molecular complexity index is 1100. The molecule has 4 rings (SSSR count). The zero-order valence-electron chi connectivity index (χ0n) is 17.3. The smallest absolute Gasteiger partial charge is 0.224 e. The van der Waals surface area contributed by atoms with Crippen molar-refractivity contribution in [3.8, 4) is 0 Å². The monoisotopic (exact) mass is 486 g/mol. The topological polar surface area (TPSA) is 51.2 Å². The maximum Gasteiger partial charge on any atom is 0.224 e. The summed E-state index contributed by atoms with van der Waals surface area (Å²) in [6.45, 7) is 0. The van der Waals surface area contributed by atoms with Crippen LogP contribution in [0.3, 0.4) is 0 Å². The highest BCUT2D eigenvalue weighted by Crippen LogP contribution is 2.30. The van der Waals surface area contributed by atoms with E-state index in [0.29, 0.717) is 16.7 Å². The highest BCUT2D eigenvalue weighted by molar-refractivity contribution is 8.14. The molecule has 33 heavy (non-hydrogen) atoms. The summed E-state index contributed by atoms with van der Waals surface area (Å²) in [7, 11) is 0. The Morgan fingerprint density at radius 1 is 0.394 bits per heavy atom. The average molecular weight is 487 g/mol. The van der Waals surface area contributed by atoms with Crippen LogP contribution in [0.1, 0.15) is 31.1 Å². The van der Waals surface area contributed by atoms with Crippen molar-refractivity contribution in [1.29, 1.82) is 0 Å². The molecule has 0 aliphatic heterocycles. The molecule has 4 aromatic carbocycles. The molecule has 0 bridgehead atoms. The van der Waals surface area contributed by atoms with Gasteiger partial charge in [0.1, 0.15) is 0 Å². The molecule has 0 saturated carbocycles. The van der Waals surface area contributed by atoms with E-state index in [0.717, 1.165) is 50.0 Å². The molecule has 4 aromatic rings. The van der Waals surface area contributed by atoms with Gasteiger partial charge in [-0.25, -0.2) is 0 Å². The summed E-state index contributed by atoms with van der Waals surface area (Å²) in [5.74, 6) is 0. The molecule has 0 amide bonds. The summed E-state index contributed by atoms with van der Waals surface area (Å²) >= 11 is 3.21. The van der Waals surface area contributed by atoms with Crippen molar-refractivity contribution in [2.45, 2.75) is 14.7 Å². The Hall–Kier alpha value is -3.06. The second kappa shape index (κ2) is 11.2. The van der Waals surface area contributed by atoms with Gasteiger partial charge >= 0.3 is 0 Å². The minimum atomic E-state index is -0.223. The van der Waals surface area contributed by atoms with Gasteiger partial charge in [0, 0.05) is 31.4 Å². The number of carbonyl (C=O) groups excluding carboxylic acids is 3. The van der Waals surface area contributed by atoms with E-state index >= 15 is 0 Å². The lowest BCUT2D eigenvalue weighted by atomic mass is 10.1. The number of benzene rings is 4. The molecule has 0 unspecified atom stereocenters. The second-order valence-corrected chi connectivity index (χ2v) is 10.0. The fourth-order valence-electron chi connectivity index (χ4n) is 2.94. The third-order valence-electron chi connectivity index (χ3n) is 4.50. The summed E-state index contributed by atoms with van der Waals surface area (Å²) in [6.07, 6.45) is 0. The van der Waals surface area contributed by atoms with Gasteiger partial charge in [-0.2, -0.15) is 0 Å². The van der Waals surface area contributed by atoms with Crippen LogP contribution in [0.5, 0.6) is 0 Å². The van der Waals surface area contributed by atoms with Crippen LogP contribution >= 0.6 is 35.3 Å². The summed E-state index contributed by atoms with van der Waals surface area (Å²) in [4.78, 5) is 41.4. The first-order valence-corrected chi connectivity index (χ1v) is 12.5. The summed E-state index contributed by atoms with van der Waals surface area (Å²) in [5, 5.41) is -0.669. The summed E-state index contributed by atoms with van der Waals surface area (Å²) in [6, 6.07) is 32.6. The predicted molar refractivity (Wildman–Crippen MR) is 136 cm³/mol. The van der Waals surface area contributed by atoms with Crippen LogP contribution in [0.4, 0.5) is 0 Å². The van der Waals surface area contributed by atoms with E-state index in [1.54, 1.807) is 18.2 Å². The van der Waals surface area contributed by atoms with E-state index < -0.39 is 0 Å². The Kier molecular flexibility index (Phi) is 7.83. The van der Waals surface area contributed by atoms with E-state index in [9.17, 15) is 14.4 Å². The van der Waals surface area contributed by atoms with E-state index in [1.807, 2.05) is 91.0 Å². The van der Waals surface area contributed by atoms with Crippen LogP contribution in [0, 0.1) is 0 Å². The Morgan fingerprint density at radius 3 is 0.879 bits per heavy atom. The largest absolute Gasteiger partial charge is 0.281 e. The third-order valence-corrected chi connectivity index (χ3v) is 7.29. The highest BCUT2D eigenvalue weighted by Gasteiger charge is 2.19. The molecule has 0 N–H and O–H groups in total. The van der Waals surface area contributed by atoms with E-state index in [1.165, 1.54) is 0 Å². The zero-order valence-corrected chi connectivity index (χ0v) is 19.8. The van der Waals surface area contributed by atoms with Crippen LogP contribution in [0.15, 0.2) is 124 Å². The molecule has 0 aromatic heterocycles. The minimum Gasteiger partial charge on any atom is -0.281 e. The predicted octanol–water partition coefficient (Wildman–Crippen LogP) is 7.48. The SMILES string of the molecule is O=C(Sc1ccccc1)c1cc(C(=O)Sc2ccccc2)cc(C(=O)Sc2ccccc2)c1. The van der Waals surface area contributed by atoms with Gasteiger partial charge in [0.05, 0.1) is 0 Å². The Morgan fingerprint density at radius 2 is 0.636 bits per heavy atom. The normalized spacial score (nSPS) is 10.5. The number of hydrogen-bond donors (Lipinski definition) is 0. The number of rotatable bonds is 6. The first kappa shape index (κ1) is 23.1. The molecule has 0 saturated heterocycles. The van der Waals surface area contributed by atoms with Crippen molar-refractivity contribution >= 4 is 50.6 Å². The number of thioether (sulfide) groups is 3. The molecular formula is C27H18O3S3. The molecule has 0 heterocycles. The van der Waals surface area contributed by atoms with E-state index in [4.69, 9.17) is 0 Å². The lowest BCUT2D eigenvalue weighted by Gasteiger charge is -2.09. The number of carbonyl (C=O) groups is 3. The average Bonchev–Trinajstić information content (AvgIpc) is 2.85. The second-order valence-electron chi connectivity index (χ2n) is 6.91. The molecule has 0 aliphatic rings. The van der Waals surface area contributed by atoms with Gasteiger partial charge in [-0.1, -0.05) is 54.6 Å². The van der Waals surface area contributed by atoms with Crippen molar-refractivity contribution in [3.63, 3.8) is 0 Å². The molecule has 0 fully saturated rings. The molecule has 0 spiro atoms. The third kappa shape index (κ3) is 6.48. The fourth-order valence-corrected chi connectivity index (χ4v) is 5.17. The molecule has 0 aliphatic carbocycles. The first-order chi connectivity index (χ1) is 16.1. The highest BCUT2D eigenvalue weighted by atomic mass is 32.2. The molecule has 6 heteroatoms. The maximum atomic E-state index is 13.0. The lowest BCUT2D eigenvalue weighted by molar-refractivity contribution is 0.108. The van der Waals surface area contributed by atoms with Crippen LogP contribution < -0.4 is 0 Å². The van der Waals surface area contributed by atoms with Gasteiger partial charge in [-0.15, -0.1) is 0 Å². The van der Waals surface area contributed by atoms with Crippen molar-refractivity contribution < 1.29 is 14.4 Å². The van der Waals surface area contributed by atoms with E-state index in [-0.39, 0.29) is 15.3 Å². The van der Waals surface area contributed by atoms with Gasteiger partial charge < -0.3 is 0 Å². The standard InChI is InChI=1S/C27H18O3S3/c28-25(31-22-10-4-1-5-11-22)19-16-20(26(29)32-23-12-6-2-7-13-23)18-21(17-19)27(30)33-24-14-8-3-9-15-24/h1-18H. The molecular weight excluding hydrogens is 468 g/mol. The van der Waals surface area contributed by atoms with Gasteiger partial charge in [0.2, 0.25) is 15.3 Å². The maximum absolute atomic E-state index is 13.0. The summed E-state index contributed by atoms with van der Waals surface area (Å²) in [5.41, 5.74) is 0.959. The van der Waals surface area contributed by atoms with Crippen molar-refractivity contribution in [2.75, 3.05) is 0 Å². The van der Waals surface area contributed by atoms with Gasteiger partial charge in [0.15, 0.2) is 0 Å². The lowest BCUT2D eigenvalue weighted by Crippen LogP contribution is -2.04. The minimum absolute atomic E-state index is 0.223. The van der Waals surface area contributed by atoms with Crippen molar-refractivity contribution in [3.05, 3.63) is 126 Å². The zero-order chi connectivity index (χ0) is 23.0. The first-order valence-electron chi connectivity index (χ1n) is 10.1. The quantitative estimate of drug-likeness (QED) is 0.263. The van der Waals surface area contributed by atoms with Gasteiger partial charge in [-0.05, 0) is 89.9 Å². The van der Waals surface area contributed by atoms with E-state index in [2.05, 4.69) is 0 Å².